The Kier molecular flexibility index (Phi) is 6.29. The molecule has 0 aliphatic carbocycles. The summed E-state index contributed by atoms with van der Waals surface area (Å²) in [6, 6.07) is 19.3. The first-order valence-corrected chi connectivity index (χ1v) is 9.83. The van der Waals surface area contributed by atoms with Crippen molar-refractivity contribution in [3.05, 3.63) is 71.8 Å². The molecule has 0 heterocycles. The zero-order chi connectivity index (χ0) is 21.0. The summed E-state index contributed by atoms with van der Waals surface area (Å²) in [4.78, 5) is 25.9. The molecule has 5 heteroatoms. The lowest BCUT2D eigenvalue weighted by Crippen LogP contribution is -3.14. The molecule has 5 nitrogen and oxygen atoms in total. The molecule has 29 heavy (non-hydrogen) atoms. The molecule has 3 rings (SSSR count). The number of aryl methyl sites for hydroxylation is 1. The first-order chi connectivity index (χ1) is 13.8. The van der Waals surface area contributed by atoms with E-state index in [4.69, 9.17) is 0 Å². The fourth-order valence-corrected chi connectivity index (χ4v) is 3.23. The topological polar surface area (TPSA) is 62.6 Å². The van der Waals surface area contributed by atoms with Crippen molar-refractivity contribution < 1.29 is 14.5 Å². The van der Waals surface area contributed by atoms with Crippen molar-refractivity contribution in [2.45, 2.75) is 26.8 Å². The van der Waals surface area contributed by atoms with Gasteiger partial charge in [-0.15, -0.1) is 0 Å². The minimum Gasteiger partial charge on any atom is -0.321 e. The summed E-state index contributed by atoms with van der Waals surface area (Å²) in [6.07, 6.45) is 0. The van der Waals surface area contributed by atoms with Gasteiger partial charge in [-0.1, -0.05) is 42.5 Å². The van der Waals surface area contributed by atoms with Crippen LogP contribution in [0.25, 0.3) is 10.8 Å². The van der Waals surface area contributed by atoms with Gasteiger partial charge in [-0.2, -0.15) is 0 Å². The lowest BCUT2D eigenvalue weighted by atomic mass is 10.1. The number of hydrogen-bond acceptors (Lipinski definition) is 2. The SMILES string of the molecule is Cc1cccc(NC(=O)C[NH+](C)[C@@H](C)C(=O)Nc2ccc3ccccc3c2)c1C. The van der Waals surface area contributed by atoms with Crippen LogP contribution in [0.1, 0.15) is 18.1 Å². The fraction of sp³-hybridized carbons (Fsp3) is 0.250. The molecular weight excluding hydrogens is 362 g/mol. The minimum atomic E-state index is -0.370. The van der Waals surface area contributed by atoms with Gasteiger partial charge in [-0.3, -0.25) is 9.59 Å². The fourth-order valence-electron chi connectivity index (χ4n) is 3.23. The van der Waals surface area contributed by atoms with Crippen LogP contribution in [-0.2, 0) is 9.59 Å². The van der Waals surface area contributed by atoms with Crippen LogP contribution in [0.2, 0.25) is 0 Å². The second-order valence-corrected chi connectivity index (χ2v) is 7.59. The highest BCUT2D eigenvalue weighted by molar-refractivity contribution is 5.97. The molecule has 0 aliphatic heterocycles. The van der Waals surface area contributed by atoms with Crippen LogP contribution in [0, 0.1) is 13.8 Å². The molecule has 0 spiro atoms. The average Bonchev–Trinajstić information content (AvgIpc) is 2.70. The van der Waals surface area contributed by atoms with Crippen molar-refractivity contribution in [1.82, 2.24) is 0 Å². The highest BCUT2D eigenvalue weighted by Gasteiger charge is 2.24. The normalized spacial score (nSPS) is 13.0. The van der Waals surface area contributed by atoms with E-state index >= 15 is 0 Å². The molecule has 0 aromatic heterocycles. The number of carbonyl (C=O) groups is 2. The van der Waals surface area contributed by atoms with Crippen LogP contribution < -0.4 is 15.5 Å². The number of fused-ring (bicyclic) bond motifs is 1. The van der Waals surface area contributed by atoms with Crippen molar-refractivity contribution in [2.24, 2.45) is 0 Å². The van der Waals surface area contributed by atoms with E-state index in [-0.39, 0.29) is 24.4 Å². The summed E-state index contributed by atoms with van der Waals surface area (Å²) in [5.74, 6) is -0.223. The van der Waals surface area contributed by atoms with Gasteiger partial charge in [0.25, 0.3) is 11.8 Å². The number of carbonyl (C=O) groups excluding carboxylic acids is 2. The first-order valence-electron chi connectivity index (χ1n) is 9.83. The molecule has 3 aromatic carbocycles. The van der Waals surface area contributed by atoms with Crippen LogP contribution >= 0.6 is 0 Å². The third-order valence-electron chi connectivity index (χ3n) is 5.47. The molecule has 0 bridgehead atoms. The predicted octanol–water partition coefficient (Wildman–Crippen LogP) is 2.94. The molecule has 1 unspecified atom stereocenters. The molecule has 0 fully saturated rings. The van der Waals surface area contributed by atoms with Crippen LogP contribution in [0.4, 0.5) is 11.4 Å². The highest BCUT2D eigenvalue weighted by atomic mass is 16.2. The Bertz CT molecular complexity index is 1050. The number of amides is 2. The van der Waals surface area contributed by atoms with E-state index in [1.54, 1.807) is 0 Å². The van der Waals surface area contributed by atoms with Crippen LogP contribution in [0.3, 0.4) is 0 Å². The monoisotopic (exact) mass is 390 g/mol. The Morgan fingerprint density at radius 1 is 0.931 bits per heavy atom. The standard InChI is InChI=1S/C24H27N3O2/c1-16-8-7-11-22(17(16)2)26-23(28)15-27(4)18(3)24(29)25-21-13-12-19-9-5-6-10-20(19)14-21/h5-14,18H,15H2,1-4H3,(H,25,29)(H,26,28)/p+1/t18-/m0/s1. The van der Waals surface area contributed by atoms with E-state index in [1.165, 1.54) is 0 Å². The van der Waals surface area contributed by atoms with Crippen molar-refractivity contribution in [1.29, 1.82) is 0 Å². The summed E-state index contributed by atoms with van der Waals surface area (Å²) < 4.78 is 0. The second kappa shape index (κ2) is 8.88. The molecule has 150 valence electrons. The average molecular weight is 391 g/mol. The Balaban J connectivity index is 1.59. The van der Waals surface area contributed by atoms with Gasteiger partial charge < -0.3 is 15.5 Å². The van der Waals surface area contributed by atoms with Gasteiger partial charge in [0.2, 0.25) is 0 Å². The predicted molar refractivity (Wildman–Crippen MR) is 118 cm³/mol. The number of nitrogens with one attached hydrogen (secondary N) is 3. The highest BCUT2D eigenvalue weighted by Crippen LogP contribution is 2.19. The molecule has 0 saturated carbocycles. The maximum absolute atomic E-state index is 12.7. The van der Waals surface area contributed by atoms with Gasteiger partial charge in [0, 0.05) is 11.4 Å². The first kappa shape index (κ1) is 20.6. The quantitative estimate of drug-likeness (QED) is 0.606. The Hall–Kier alpha value is -3.18. The van der Waals surface area contributed by atoms with E-state index in [0.29, 0.717) is 0 Å². The van der Waals surface area contributed by atoms with Gasteiger partial charge >= 0.3 is 0 Å². The van der Waals surface area contributed by atoms with Gasteiger partial charge in [0.15, 0.2) is 12.6 Å². The van der Waals surface area contributed by atoms with Crippen molar-refractivity contribution >= 4 is 34.0 Å². The number of rotatable bonds is 6. The van der Waals surface area contributed by atoms with Crippen LogP contribution in [0.5, 0.6) is 0 Å². The van der Waals surface area contributed by atoms with E-state index < -0.39 is 0 Å². The third kappa shape index (κ3) is 5.00. The van der Waals surface area contributed by atoms with Gasteiger partial charge in [-0.25, -0.2) is 0 Å². The molecule has 2 amide bonds. The Labute approximate surface area is 171 Å². The second-order valence-electron chi connectivity index (χ2n) is 7.59. The van der Waals surface area contributed by atoms with Crippen molar-refractivity contribution in [2.75, 3.05) is 24.2 Å². The molecule has 3 aromatic rings. The van der Waals surface area contributed by atoms with E-state index in [1.807, 2.05) is 88.5 Å². The molecule has 0 radical (unpaired) electrons. The zero-order valence-corrected chi connectivity index (χ0v) is 17.4. The number of hydrogen-bond donors (Lipinski definition) is 3. The minimum absolute atomic E-state index is 0.110. The molecule has 0 aliphatic rings. The lowest BCUT2D eigenvalue weighted by Gasteiger charge is -2.21. The molecule has 2 atom stereocenters. The maximum Gasteiger partial charge on any atom is 0.282 e. The Morgan fingerprint density at radius 2 is 1.66 bits per heavy atom. The van der Waals surface area contributed by atoms with Crippen molar-refractivity contribution in [3.63, 3.8) is 0 Å². The van der Waals surface area contributed by atoms with Gasteiger partial charge in [-0.05, 0) is 60.9 Å². The zero-order valence-electron chi connectivity index (χ0n) is 17.4. The third-order valence-corrected chi connectivity index (χ3v) is 5.47. The largest absolute Gasteiger partial charge is 0.321 e. The van der Waals surface area contributed by atoms with E-state index in [2.05, 4.69) is 10.6 Å². The molecule has 0 saturated heterocycles. The van der Waals surface area contributed by atoms with E-state index in [9.17, 15) is 9.59 Å². The van der Waals surface area contributed by atoms with Gasteiger partial charge in [0.05, 0.1) is 7.05 Å². The summed E-state index contributed by atoms with van der Waals surface area (Å²) in [7, 11) is 1.85. The number of quaternary nitrogens is 1. The molecular formula is C24H28N3O2+. The number of benzene rings is 3. The summed E-state index contributed by atoms with van der Waals surface area (Å²) in [5.41, 5.74) is 3.76. The smallest absolute Gasteiger partial charge is 0.282 e. The van der Waals surface area contributed by atoms with Crippen LogP contribution in [-0.4, -0.2) is 31.4 Å². The lowest BCUT2D eigenvalue weighted by molar-refractivity contribution is -0.885. The van der Waals surface area contributed by atoms with Crippen molar-refractivity contribution in [3.8, 4) is 0 Å². The summed E-state index contributed by atoms with van der Waals surface area (Å²) in [5, 5.41) is 8.12. The number of anilines is 2. The summed E-state index contributed by atoms with van der Waals surface area (Å²) in [6.45, 7) is 6.04. The molecule has 3 N–H and O–H groups in total. The Morgan fingerprint density at radius 3 is 2.41 bits per heavy atom. The number of likely N-dealkylation sites (N-methyl/N-ethyl adjacent to an activating group) is 1. The van der Waals surface area contributed by atoms with Crippen LogP contribution in [0.15, 0.2) is 60.7 Å². The van der Waals surface area contributed by atoms with Gasteiger partial charge in [0.1, 0.15) is 0 Å². The summed E-state index contributed by atoms with van der Waals surface area (Å²) >= 11 is 0. The maximum atomic E-state index is 12.7. The van der Waals surface area contributed by atoms with E-state index in [0.717, 1.165) is 38.2 Å².